The van der Waals surface area contributed by atoms with Gasteiger partial charge in [-0.25, -0.2) is 8.42 Å². The molecule has 0 spiro atoms. The Kier molecular flexibility index (Phi) is 7.44. The van der Waals surface area contributed by atoms with Gasteiger partial charge in [-0.1, -0.05) is 30.3 Å². The zero-order chi connectivity index (χ0) is 24.2. The lowest BCUT2D eigenvalue weighted by atomic mass is 9.98. The predicted molar refractivity (Wildman–Crippen MR) is 129 cm³/mol. The number of hydrogen-bond acceptors (Lipinski definition) is 7. The van der Waals surface area contributed by atoms with Crippen molar-refractivity contribution in [2.75, 3.05) is 11.3 Å². The normalized spacial score (nSPS) is 18.3. The maximum atomic E-state index is 12.9. The highest BCUT2D eigenvalue weighted by Crippen LogP contribution is 2.12. The van der Waals surface area contributed by atoms with Crippen LogP contribution in [0.4, 0.5) is 5.69 Å². The first kappa shape index (κ1) is 24.3. The average molecular weight is 473 g/mol. The van der Waals surface area contributed by atoms with Crippen LogP contribution in [0.25, 0.3) is 0 Å². The third-order valence-electron chi connectivity index (χ3n) is 5.34. The van der Waals surface area contributed by atoms with Gasteiger partial charge in [0.1, 0.15) is 12.2 Å². The third kappa shape index (κ3) is 6.36. The molecule has 3 rings (SSSR count). The molecule has 11 heteroatoms. The second-order valence-electron chi connectivity index (χ2n) is 7.94. The molecule has 0 bridgehead atoms. The lowest BCUT2D eigenvalue weighted by Gasteiger charge is -2.23. The van der Waals surface area contributed by atoms with Gasteiger partial charge in [0.25, 0.3) is 5.56 Å². The first-order chi connectivity index (χ1) is 15.6. The average Bonchev–Trinajstić information content (AvgIpc) is 2.73. The molecule has 0 atom stereocenters. The van der Waals surface area contributed by atoms with Gasteiger partial charge >= 0.3 is 0 Å². The van der Waals surface area contributed by atoms with E-state index in [1.54, 1.807) is 43.3 Å². The van der Waals surface area contributed by atoms with E-state index >= 15 is 0 Å². The molecule has 0 saturated carbocycles. The van der Waals surface area contributed by atoms with Crippen LogP contribution in [0.1, 0.15) is 25.1 Å². The molecule has 1 aliphatic rings. The highest BCUT2D eigenvalue weighted by molar-refractivity contribution is 7.91. The van der Waals surface area contributed by atoms with Crippen molar-refractivity contribution in [3.05, 3.63) is 64.1 Å². The summed E-state index contributed by atoms with van der Waals surface area (Å²) in [5.41, 5.74) is 7.69. The van der Waals surface area contributed by atoms with E-state index < -0.39 is 21.9 Å². The number of aryl methyl sites for hydroxylation is 1. The SMILES string of the molecule is CC1=NC(N)N=C(C)C1CNC(=O)Cn1c(C)ccc(NS(=O)(=O)Cc2ccccc2)c1=O. The second-order valence-corrected chi connectivity index (χ2v) is 9.66. The van der Waals surface area contributed by atoms with Crippen LogP contribution in [0.15, 0.2) is 57.2 Å². The number of hydrogen-bond donors (Lipinski definition) is 3. The molecular weight excluding hydrogens is 444 g/mol. The van der Waals surface area contributed by atoms with Crippen molar-refractivity contribution >= 4 is 33.0 Å². The van der Waals surface area contributed by atoms with Crippen LogP contribution in [-0.2, 0) is 27.1 Å². The maximum absolute atomic E-state index is 12.9. The summed E-state index contributed by atoms with van der Waals surface area (Å²) in [6.45, 7) is 5.35. The van der Waals surface area contributed by atoms with Crippen molar-refractivity contribution in [3.8, 4) is 0 Å². The zero-order valence-electron chi connectivity index (χ0n) is 18.8. The lowest BCUT2D eigenvalue weighted by Crippen LogP contribution is -2.41. The van der Waals surface area contributed by atoms with Gasteiger partial charge in [-0.2, -0.15) is 0 Å². The number of nitrogens with zero attached hydrogens (tertiary/aromatic N) is 3. The number of rotatable bonds is 8. The zero-order valence-corrected chi connectivity index (χ0v) is 19.6. The Hall–Kier alpha value is -3.31. The molecule has 0 aliphatic carbocycles. The van der Waals surface area contributed by atoms with Gasteiger partial charge in [-0.3, -0.25) is 30.0 Å². The molecule has 33 heavy (non-hydrogen) atoms. The van der Waals surface area contributed by atoms with Crippen LogP contribution in [-0.4, -0.2) is 43.1 Å². The Morgan fingerprint density at radius 3 is 2.33 bits per heavy atom. The first-order valence-electron chi connectivity index (χ1n) is 10.4. The number of nitrogens with one attached hydrogen (secondary N) is 2. The van der Waals surface area contributed by atoms with Crippen LogP contribution in [0.5, 0.6) is 0 Å². The van der Waals surface area contributed by atoms with Crippen molar-refractivity contribution in [3.63, 3.8) is 0 Å². The highest BCUT2D eigenvalue weighted by Gasteiger charge is 2.22. The summed E-state index contributed by atoms with van der Waals surface area (Å²) >= 11 is 0. The van der Waals surface area contributed by atoms with Crippen molar-refractivity contribution < 1.29 is 13.2 Å². The third-order valence-corrected chi connectivity index (χ3v) is 6.59. The molecule has 2 heterocycles. The smallest absolute Gasteiger partial charge is 0.275 e. The van der Waals surface area contributed by atoms with Crippen molar-refractivity contribution in [2.45, 2.75) is 39.4 Å². The Balaban J connectivity index is 1.69. The lowest BCUT2D eigenvalue weighted by molar-refractivity contribution is -0.121. The van der Waals surface area contributed by atoms with Gasteiger partial charge in [-0.15, -0.1) is 0 Å². The minimum atomic E-state index is -3.81. The number of sulfonamides is 1. The number of nitrogens with two attached hydrogens (primary N) is 1. The summed E-state index contributed by atoms with van der Waals surface area (Å²) in [5, 5.41) is 2.79. The fourth-order valence-corrected chi connectivity index (χ4v) is 4.78. The Morgan fingerprint density at radius 2 is 1.70 bits per heavy atom. The molecule has 1 aromatic carbocycles. The molecule has 10 nitrogen and oxygen atoms in total. The standard InChI is InChI=1S/C22H28N6O4S/c1-14-9-10-19(27-33(31,32)13-17-7-5-4-6-8-17)21(30)28(14)12-20(29)24-11-18-15(2)25-22(23)26-16(18)3/h4-10,18,22,27H,11-13,23H2,1-3H3,(H,24,29). The fourth-order valence-electron chi connectivity index (χ4n) is 3.58. The van der Waals surface area contributed by atoms with Gasteiger partial charge in [0.2, 0.25) is 15.9 Å². The maximum Gasteiger partial charge on any atom is 0.275 e. The van der Waals surface area contributed by atoms with Crippen LogP contribution in [0.2, 0.25) is 0 Å². The predicted octanol–water partition coefficient (Wildman–Crippen LogP) is 1.01. The van der Waals surface area contributed by atoms with Crippen LogP contribution in [0, 0.1) is 12.8 Å². The molecule has 1 amide bonds. The number of anilines is 1. The topological polar surface area (TPSA) is 148 Å². The van der Waals surface area contributed by atoms with Gasteiger partial charge in [0, 0.05) is 23.7 Å². The Labute approximate surface area is 192 Å². The van der Waals surface area contributed by atoms with E-state index in [0.717, 1.165) is 11.4 Å². The van der Waals surface area contributed by atoms with E-state index in [0.29, 0.717) is 11.3 Å². The van der Waals surface area contributed by atoms with E-state index in [1.165, 1.54) is 10.6 Å². The van der Waals surface area contributed by atoms with Crippen molar-refractivity contribution in [1.82, 2.24) is 9.88 Å². The molecular formula is C22H28N6O4S. The number of carbonyl (C=O) groups excluding carboxylic acids is 1. The number of benzene rings is 1. The van der Waals surface area contributed by atoms with Gasteiger partial charge in [0.15, 0.2) is 6.29 Å². The summed E-state index contributed by atoms with van der Waals surface area (Å²) < 4.78 is 28.6. The fraction of sp³-hybridized carbons (Fsp3) is 0.364. The molecule has 0 radical (unpaired) electrons. The summed E-state index contributed by atoms with van der Waals surface area (Å²) in [6, 6.07) is 11.6. The number of aliphatic imine (C=N–C) groups is 2. The molecule has 0 saturated heterocycles. The minimum absolute atomic E-state index is 0.114. The molecule has 4 N–H and O–H groups in total. The van der Waals surface area contributed by atoms with Crippen LogP contribution >= 0.6 is 0 Å². The van der Waals surface area contributed by atoms with Crippen LogP contribution < -0.4 is 21.3 Å². The van der Waals surface area contributed by atoms with E-state index in [9.17, 15) is 18.0 Å². The van der Waals surface area contributed by atoms with Gasteiger partial charge in [0.05, 0.1) is 11.7 Å². The monoisotopic (exact) mass is 472 g/mol. The summed E-state index contributed by atoms with van der Waals surface area (Å²) in [6.07, 6.45) is -0.619. The first-order valence-corrected chi connectivity index (χ1v) is 12.1. The van der Waals surface area contributed by atoms with E-state index in [2.05, 4.69) is 20.0 Å². The Morgan fingerprint density at radius 1 is 1.06 bits per heavy atom. The molecule has 0 unspecified atom stereocenters. The van der Waals surface area contributed by atoms with E-state index in [-0.39, 0.29) is 36.4 Å². The van der Waals surface area contributed by atoms with Gasteiger partial charge in [-0.05, 0) is 38.5 Å². The molecule has 1 aromatic heterocycles. The highest BCUT2D eigenvalue weighted by atomic mass is 32.2. The summed E-state index contributed by atoms with van der Waals surface area (Å²) in [7, 11) is -3.81. The number of carbonyl (C=O) groups is 1. The summed E-state index contributed by atoms with van der Waals surface area (Å²) in [4.78, 5) is 33.9. The van der Waals surface area contributed by atoms with E-state index in [1.807, 2.05) is 13.8 Å². The minimum Gasteiger partial charge on any atom is -0.354 e. The van der Waals surface area contributed by atoms with Crippen molar-refractivity contribution in [2.24, 2.45) is 21.6 Å². The largest absolute Gasteiger partial charge is 0.354 e. The number of amides is 1. The Bertz CT molecular complexity index is 1230. The molecule has 2 aromatic rings. The summed E-state index contributed by atoms with van der Waals surface area (Å²) in [5.74, 6) is -0.822. The van der Waals surface area contributed by atoms with Crippen LogP contribution in [0.3, 0.4) is 0 Å². The molecule has 176 valence electrons. The van der Waals surface area contributed by atoms with E-state index in [4.69, 9.17) is 5.73 Å². The molecule has 1 aliphatic heterocycles. The second kappa shape index (κ2) is 10.1. The number of pyridine rings is 1. The quantitative estimate of drug-likeness (QED) is 0.524. The molecule has 0 fully saturated rings. The van der Waals surface area contributed by atoms with Gasteiger partial charge < -0.3 is 9.88 Å². The number of aromatic nitrogens is 1. The van der Waals surface area contributed by atoms with Crippen molar-refractivity contribution in [1.29, 1.82) is 0 Å².